The fraction of sp³-hybridized carbons (Fsp3) is 0.360. The van der Waals surface area contributed by atoms with Crippen LogP contribution in [0.5, 0.6) is 0 Å². The van der Waals surface area contributed by atoms with Gasteiger partial charge in [0, 0.05) is 42.8 Å². The van der Waals surface area contributed by atoms with Crippen LogP contribution in [-0.4, -0.2) is 53.9 Å². The maximum absolute atomic E-state index is 13.2. The number of pyridine rings is 1. The molecule has 0 aromatic carbocycles. The Balaban J connectivity index is 1.22. The van der Waals surface area contributed by atoms with Gasteiger partial charge in [0.25, 0.3) is 0 Å². The fourth-order valence-electron chi connectivity index (χ4n) is 4.37. The van der Waals surface area contributed by atoms with Crippen LogP contribution in [0.2, 0.25) is 0 Å². The van der Waals surface area contributed by atoms with E-state index in [1.165, 1.54) is 10.9 Å². The molecule has 0 aliphatic carbocycles. The maximum Gasteiger partial charge on any atom is 0.227 e. The third kappa shape index (κ3) is 5.74. The maximum atomic E-state index is 13.2. The quantitative estimate of drug-likeness (QED) is 0.349. The number of carbonyl (C=O) groups excluding carboxylic acids is 1. The van der Waals surface area contributed by atoms with Gasteiger partial charge >= 0.3 is 0 Å². The molecule has 11 nitrogen and oxygen atoms in total. The monoisotopic (exact) mass is 504 g/mol. The van der Waals surface area contributed by atoms with Crippen molar-refractivity contribution in [1.29, 1.82) is 0 Å². The van der Waals surface area contributed by atoms with Gasteiger partial charge in [-0.15, -0.1) is 0 Å². The number of nitrogens with one attached hydrogen (secondary N) is 3. The Labute approximate surface area is 213 Å². The molecule has 3 N–H and O–H groups in total. The SMILES string of the molecule is Cc1cc(Nc2cc(C)[nH]n2)nc(N2CCC[C@H](C(=O)N[C@@H](C)c3ccc(-n4cc(F)cn4)nc3)C2)n1. The van der Waals surface area contributed by atoms with Crippen molar-refractivity contribution in [2.45, 2.75) is 39.7 Å². The lowest BCUT2D eigenvalue weighted by Crippen LogP contribution is -2.44. The number of aryl methyl sites for hydroxylation is 2. The number of anilines is 3. The number of hydrogen-bond donors (Lipinski definition) is 3. The van der Waals surface area contributed by atoms with Crippen LogP contribution in [-0.2, 0) is 4.79 Å². The summed E-state index contributed by atoms with van der Waals surface area (Å²) in [5.41, 5.74) is 2.63. The second-order valence-electron chi connectivity index (χ2n) is 9.32. The van der Waals surface area contributed by atoms with Crippen molar-refractivity contribution in [2.24, 2.45) is 5.92 Å². The van der Waals surface area contributed by atoms with Crippen molar-refractivity contribution in [3.05, 3.63) is 65.6 Å². The molecule has 0 unspecified atom stereocenters. The van der Waals surface area contributed by atoms with E-state index >= 15 is 0 Å². The third-order valence-electron chi connectivity index (χ3n) is 6.29. The van der Waals surface area contributed by atoms with Gasteiger partial charge in [-0.25, -0.2) is 19.0 Å². The van der Waals surface area contributed by atoms with Gasteiger partial charge in [-0.2, -0.15) is 15.2 Å². The predicted octanol–water partition coefficient (Wildman–Crippen LogP) is 3.37. The number of hydrogen-bond acceptors (Lipinski definition) is 8. The first-order chi connectivity index (χ1) is 17.8. The van der Waals surface area contributed by atoms with Crippen LogP contribution in [0.15, 0.2) is 42.9 Å². The first-order valence-electron chi connectivity index (χ1n) is 12.2. The van der Waals surface area contributed by atoms with Crippen LogP contribution in [0.4, 0.5) is 22.0 Å². The van der Waals surface area contributed by atoms with Crippen LogP contribution in [0.25, 0.3) is 5.82 Å². The molecule has 37 heavy (non-hydrogen) atoms. The lowest BCUT2D eigenvalue weighted by atomic mass is 9.96. The van der Waals surface area contributed by atoms with Crippen LogP contribution in [0.3, 0.4) is 0 Å². The highest BCUT2D eigenvalue weighted by molar-refractivity contribution is 5.80. The summed E-state index contributed by atoms with van der Waals surface area (Å²) in [5, 5.41) is 17.3. The Morgan fingerprint density at radius 3 is 2.76 bits per heavy atom. The molecule has 0 spiro atoms. The molecule has 1 aliphatic rings. The minimum atomic E-state index is -0.427. The summed E-state index contributed by atoms with van der Waals surface area (Å²) in [6.07, 6.45) is 5.72. The Morgan fingerprint density at radius 2 is 2.05 bits per heavy atom. The summed E-state index contributed by atoms with van der Waals surface area (Å²) in [5.74, 6) is 1.80. The number of aromatic nitrogens is 7. The van der Waals surface area contributed by atoms with Crippen molar-refractivity contribution in [3.63, 3.8) is 0 Å². The van der Waals surface area contributed by atoms with Gasteiger partial charge in [-0.3, -0.25) is 9.89 Å². The molecule has 12 heteroatoms. The summed E-state index contributed by atoms with van der Waals surface area (Å²) in [6.45, 7) is 7.09. The first kappa shape index (κ1) is 24.3. The van der Waals surface area contributed by atoms with E-state index in [0.717, 1.165) is 42.5 Å². The van der Waals surface area contributed by atoms with Gasteiger partial charge in [0.1, 0.15) is 5.82 Å². The minimum absolute atomic E-state index is 0.0200. The topological polar surface area (TPSA) is 130 Å². The van der Waals surface area contributed by atoms with Gasteiger partial charge in [0.15, 0.2) is 17.5 Å². The Morgan fingerprint density at radius 1 is 1.19 bits per heavy atom. The lowest BCUT2D eigenvalue weighted by molar-refractivity contribution is -0.125. The summed E-state index contributed by atoms with van der Waals surface area (Å²) in [6, 6.07) is 7.14. The number of halogens is 1. The largest absolute Gasteiger partial charge is 0.349 e. The second kappa shape index (κ2) is 10.3. The van der Waals surface area contributed by atoms with E-state index in [9.17, 15) is 9.18 Å². The number of aromatic amines is 1. The number of nitrogens with zero attached hydrogens (tertiary/aromatic N) is 7. The molecule has 1 saturated heterocycles. The summed E-state index contributed by atoms with van der Waals surface area (Å²) in [7, 11) is 0. The average molecular weight is 505 g/mol. The molecule has 4 aromatic heterocycles. The highest BCUT2D eigenvalue weighted by Gasteiger charge is 2.28. The molecule has 0 radical (unpaired) electrons. The molecule has 1 aliphatic heterocycles. The standard InChI is InChI=1S/C25H29FN10O/c1-15-9-21(31-22-10-16(2)33-34-22)32-25(29-15)35-8-4-5-19(13-35)24(37)30-17(3)18-6-7-23(27-11-18)36-14-20(26)12-28-36/h6-7,9-12,14,17,19H,4-5,8,13H2,1-3H3,(H,30,37)(H2,29,31,32,33,34)/t17-,19-/m0/s1. The molecular weight excluding hydrogens is 475 g/mol. The van der Waals surface area contributed by atoms with Gasteiger partial charge in [0.05, 0.1) is 24.4 Å². The van der Waals surface area contributed by atoms with Gasteiger partial charge < -0.3 is 15.5 Å². The first-order valence-corrected chi connectivity index (χ1v) is 12.2. The van der Waals surface area contributed by atoms with E-state index < -0.39 is 5.82 Å². The Bertz CT molecular complexity index is 1380. The molecule has 192 valence electrons. The van der Waals surface area contributed by atoms with Gasteiger partial charge in [-0.1, -0.05) is 6.07 Å². The molecule has 5 rings (SSSR count). The zero-order chi connectivity index (χ0) is 25.9. The van der Waals surface area contributed by atoms with Crippen LogP contribution >= 0.6 is 0 Å². The van der Waals surface area contributed by atoms with Gasteiger partial charge in [0.2, 0.25) is 11.9 Å². The van der Waals surface area contributed by atoms with Crippen molar-refractivity contribution >= 4 is 23.5 Å². The zero-order valence-corrected chi connectivity index (χ0v) is 20.9. The summed E-state index contributed by atoms with van der Waals surface area (Å²) < 4.78 is 14.6. The summed E-state index contributed by atoms with van der Waals surface area (Å²) >= 11 is 0. The van der Waals surface area contributed by atoms with E-state index in [-0.39, 0.29) is 17.9 Å². The molecule has 2 atom stereocenters. The molecule has 1 amide bonds. The number of amides is 1. The van der Waals surface area contributed by atoms with E-state index in [0.29, 0.717) is 29.9 Å². The fourth-order valence-corrected chi connectivity index (χ4v) is 4.37. The third-order valence-corrected chi connectivity index (χ3v) is 6.29. The Kier molecular flexibility index (Phi) is 6.80. The molecular formula is C25H29FN10O. The minimum Gasteiger partial charge on any atom is -0.349 e. The van der Waals surface area contributed by atoms with Gasteiger partial charge in [-0.05, 0) is 45.2 Å². The number of piperidine rings is 1. The predicted molar refractivity (Wildman–Crippen MR) is 136 cm³/mol. The van der Waals surface area contributed by atoms with E-state index in [4.69, 9.17) is 0 Å². The van der Waals surface area contributed by atoms with Crippen LogP contribution in [0.1, 0.15) is 42.8 Å². The molecule has 5 heterocycles. The molecule has 0 saturated carbocycles. The van der Waals surface area contributed by atoms with Crippen molar-refractivity contribution in [2.75, 3.05) is 23.3 Å². The van der Waals surface area contributed by atoms with Crippen molar-refractivity contribution in [1.82, 2.24) is 40.2 Å². The normalized spacial score (nSPS) is 16.4. The van der Waals surface area contributed by atoms with Crippen molar-refractivity contribution in [3.8, 4) is 5.82 Å². The van der Waals surface area contributed by atoms with E-state index in [2.05, 4.69) is 45.8 Å². The van der Waals surface area contributed by atoms with Crippen molar-refractivity contribution < 1.29 is 9.18 Å². The number of rotatable bonds is 7. The summed E-state index contributed by atoms with van der Waals surface area (Å²) in [4.78, 5) is 28.9. The molecule has 0 bridgehead atoms. The average Bonchev–Trinajstić information content (AvgIpc) is 3.51. The van der Waals surface area contributed by atoms with Crippen LogP contribution < -0.4 is 15.5 Å². The number of carbonyl (C=O) groups is 1. The molecule has 4 aromatic rings. The molecule has 1 fully saturated rings. The van der Waals surface area contributed by atoms with Crippen LogP contribution in [0, 0.1) is 25.6 Å². The van der Waals surface area contributed by atoms with E-state index in [1.54, 1.807) is 12.3 Å². The zero-order valence-electron chi connectivity index (χ0n) is 20.9. The van der Waals surface area contributed by atoms with E-state index in [1.807, 2.05) is 39.0 Å². The highest BCUT2D eigenvalue weighted by atomic mass is 19.1. The highest BCUT2D eigenvalue weighted by Crippen LogP contribution is 2.24. The Hall–Kier alpha value is -4.35. The lowest BCUT2D eigenvalue weighted by Gasteiger charge is -2.33. The second-order valence-corrected chi connectivity index (χ2v) is 9.32. The smallest absolute Gasteiger partial charge is 0.227 e. The number of H-pyrrole nitrogens is 1.